The Kier molecular flexibility index (Phi) is 4.99. The maximum atomic E-state index is 11.2. The van der Waals surface area contributed by atoms with Crippen LogP contribution in [0.2, 0.25) is 0 Å². The van der Waals surface area contributed by atoms with Gasteiger partial charge in [-0.15, -0.1) is 0 Å². The van der Waals surface area contributed by atoms with Crippen LogP contribution in [-0.4, -0.2) is 56.5 Å². The van der Waals surface area contributed by atoms with E-state index in [1.54, 1.807) is 0 Å². The SMILES string of the molecule is Cc1ccnc(NCC2CCN(CCS(C)(=O)=O)C2)c1. The van der Waals surface area contributed by atoms with E-state index in [2.05, 4.69) is 22.1 Å². The molecule has 0 spiro atoms. The Labute approximate surface area is 121 Å². The second kappa shape index (κ2) is 6.54. The summed E-state index contributed by atoms with van der Waals surface area (Å²) < 4.78 is 22.3. The van der Waals surface area contributed by atoms with Gasteiger partial charge in [-0.3, -0.25) is 0 Å². The summed E-state index contributed by atoms with van der Waals surface area (Å²) in [5.41, 5.74) is 1.20. The molecular formula is C14H23N3O2S. The van der Waals surface area contributed by atoms with Gasteiger partial charge in [-0.25, -0.2) is 13.4 Å². The molecule has 1 unspecified atom stereocenters. The quantitative estimate of drug-likeness (QED) is 0.854. The average Bonchev–Trinajstić information content (AvgIpc) is 2.81. The molecule has 1 saturated heterocycles. The molecule has 1 N–H and O–H groups in total. The number of aromatic nitrogens is 1. The van der Waals surface area contributed by atoms with Crippen molar-refractivity contribution in [3.05, 3.63) is 23.9 Å². The van der Waals surface area contributed by atoms with E-state index in [9.17, 15) is 8.42 Å². The van der Waals surface area contributed by atoms with Crippen LogP contribution in [0.25, 0.3) is 0 Å². The third kappa shape index (κ3) is 5.09. The van der Waals surface area contributed by atoms with E-state index in [4.69, 9.17) is 0 Å². The fourth-order valence-corrected chi connectivity index (χ4v) is 3.05. The lowest BCUT2D eigenvalue weighted by molar-refractivity contribution is 0.345. The Balaban J connectivity index is 1.73. The lowest BCUT2D eigenvalue weighted by atomic mass is 10.1. The summed E-state index contributed by atoms with van der Waals surface area (Å²) in [6.07, 6.45) is 4.22. The van der Waals surface area contributed by atoms with Crippen LogP contribution in [0.5, 0.6) is 0 Å². The molecule has 0 amide bonds. The molecule has 2 heterocycles. The van der Waals surface area contributed by atoms with Crippen molar-refractivity contribution >= 4 is 15.7 Å². The highest BCUT2D eigenvalue weighted by Gasteiger charge is 2.22. The second-order valence-electron chi connectivity index (χ2n) is 5.68. The van der Waals surface area contributed by atoms with E-state index in [1.807, 2.05) is 18.3 Å². The van der Waals surface area contributed by atoms with E-state index in [1.165, 1.54) is 11.8 Å². The van der Waals surface area contributed by atoms with Crippen LogP contribution < -0.4 is 5.32 Å². The molecular weight excluding hydrogens is 274 g/mol. The van der Waals surface area contributed by atoms with Gasteiger partial charge < -0.3 is 10.2 Å². The standard InChI is InChI=1S/C14H23N3O2S/c1-12-3-5-15-14(9-12)16-10-13-4-6-17(11-13)7-8-20(2,18)19/h3,5,9,13H,4,6-8,10-11H2,1-2H3,(H,15,16). The third-order valence-corrected chi connectivity index (χ3v) is 4.56. The summed E-state index contributed by atoms with van der Waals surface area (Å²) in [4.78, 5) is 6.52. The fourth-order valence-electron chi connectivity index (χ4n) is 2.46. The number of likely N-dealkylation sites (tertiary alicyclic amines) is 1. The number of nitrogens with zero attached hydrogens (tertiary/aromatic N) is 2. The number of rotatable bonds is 6. The van der Waals surface area contributed by atoms with E-state index in [0.717, 1.165) is 31.9 Å². The largest absolute Gasteiger partial charge is 0.370 e. The van der Waals surface area contributed by atoms with E-state index < -0.39 is 9.84 Å². The van der Waals surface area contributed by atoms with E-state index >= 15 is 0 Å². The van der Waals surface area contributed by atoms with Crippen molar-refractivity contribution in [3.63, 3.8) is 0 Å². The van der Waals surface area contributed by atoms with Crippen LogP contribution in [0.15, 0.2) is 18.3 Å². The van der Waals surface area contributed by atoms with Crippen molar-refractivity contribution in [1.82, 2.24) is 9.88 Å². The maximum Gasteiger partial charge on any atom is 0.148 e. The number of hydrogen-bond donors (Lipinski definition) is 1. The van der Waals surface area contributed by atoms with Gasteiger partial charge in [-0.05, 0) is 43.5 Å². The van der Waals surface area contributed by atoms with Crippen molar-refractivity contribution in [3.8, 4) is 0 Å². The molecule has 0 aliphatic carbocycles. The minimum atomic E-state index is -2.86. The molecule has 1 aliphatic rings. The first-order valence-electron chi connectivity index (χ1n) is 6.99. The predicted molar refractivity (Wildman–Crippen MR) is 81.7 cm³/mol. The van der Waals surface area contributed by atoms with Gasteiger partial charge in [0.1, 0.15) is 15.7 Å². The van der Waals surface area contributed by atoms with Crippen LogP contribution in [0.1, 0.15) is 12.0 Å². The fraction of sp³-hybridized carbons (Fsp3) is 0.643. The summed E-state index contributed by atoms with van der Waals surface area (Å²) in [6, 6.07) is 4.02. The monoisotopic (exact) mass is 297 g/mol. The minimum Gasteiger partial charge on any atom is -0.370 e. The Morgan fingerprint density at radius 3 is 3.00 bits per heavy atom. The van der Waals surface area contributed by atoms with Crippen molar-refractivity contribution in [2.75, 3.05) is 43.5 Å². The molecule has 0 saturated carbocycles. The highest BCUT2D eigenvalue weighted by atomic mass is 32.2. The van der Waals surface area contributed by atoms with Gasteiger partial charge in [0.15, 0.2) is 0 Å². The molecule has 1 atom stereocenters. The number of sulfone groups is 1. The highest BCUT2D eigenvalue weighted by Crippen LogP contribution is 2.17. The molecule has 6 heteroatoms. The Morgan fingerprint density at radius 1 is 1.50 bits per heavy atom. The lowest BCUT2D eigenvalue weighted by Gasteiger charge is -2.15. The zero-order valence-corrected chi connectivity index (χ0v) is 13.0. The predicted octanol–water partition coefficient (Wildman–Crippen LogP) is 1.17. The van der Waals surface area contributed by atoms with Gasteiger partial charge in [0.25, 0.3) is 0 Å². The topological polar surface area (TPSA) is 62.3 Å². The summed E-state index contributed by atoms with van der Waals surface area (Å²) in [6.45, 7) is 5.55. The molecule has 0 bridgehead atoms. The first-order chi connectivity index (χ1) is 9.42. The van der Waals surface area contributed by atoms with Crippen molar-refractivity contribution in [1.29, 1.82) is 0 Å². The normalized spacial score (nSPS) is 20.2. The Hall–Kier alpha value is -1.14. The number of anilines is 1. The Morgan fingerprint density at radius 2 is 2.30 bits per heavy atom. The van der Waals surface area contributed by atoms with Gasteiger partial charge in [0.2, 0.25) is 0 Å². The van der Waals surface area contributed by atoms with Crippen molar-refractivity contribution in [2.24, 2.45) is 5.92 Å². The molecule has 0 aromatic carbocycles. The zero-order valence-electron chi connectivity index (χ0n) is 12.2. The molecule has 0 radical (unpaired) electrons. The van der Waals surface area contributed by atoms with Crippen LogP contribution in [0, 0.1) is 12.8 Å². The first kappa shape index (κ1) is 15.3. The summed E-state index contributed by atoms with van der Waals surface area (Å²) in [5, 5.41) is 3.36. The van der Waals surface area contributed by atoms with Gasteiger partial charge >= 0.3 is 0 Å². The zero-order chi connectivity index (χ0) is 14.6. The first-order valence-corrected chi connectivity index (χ1v) is 9.05. The van der Waals surface area contributed by atoms with Crippen molar-refractivity contribution in [2.45, 2.75) is 13.3 Å². The average molecular weight is 297 g/mol. The van der Waals surface area contributed by atoms with Gasteiger partial charge in [0.05, 0.1) is 5.75 Å². The maximum absolute atomic E-state index is 11.2. The van der Waals surface area contributed by atoms with Crippen LogP contribution in [-0.2, 0) is 9.84 Å². The van der Waals surface area contributed by atoms with Crippen LogP contribution >= 0.6 is 0 Å². The third-order valence-electron chi connectivity index (χ3n) is 3.64. The lowest BCUT2D eigenvalue weighted by Crippen LogP contribution is -2.28. The van der Waals surface area contributed by atoms with E-state index in [0.29, 0.717) is 12.5 Å². The minimum absolute atomic E-state index is 0.257. The van der Waals surface area contributed by atoms with Gasteiger partial charge in [-0.1, -0.05) is 0 Å². The Bertz CT molecular complexity index is 545. The molecule has 20 heavy (non-hydrogen) atoms. The summed E-state index contributed by atoms with van der Waals surface area (Å²) in [5.74, 6) is 1.74. The van der Waals surface area contributed by atoms with Crippen LogP contribution in [0.3, 0.4) is 0 Å². The molecule has 112 valence electrons. The molecule has 1 aromatic rings. The number of hydrogen-bond acceptors (Lipinski definition) is 5. The van der Waals surface area contributed by atoms with E-state index in [-0.39, 0.29) is 5.75 Å². The van der Waals surface area contributed by atoms with Crippen molar-refractivity contribution < 1.29 is 8.42 Å². The summed E-state index contributed by atoms with van der Waals surface area (Å²) in [7, 11) is -2.86. The highest BCUT2D eigenvalue weighted by molar-refractivity contribution is 7.90. The molecule has 5 nitrogen and oxygen atoms in total. The molecule has 1 fully saturated rings. The summed E-state index contributed by atoms with van der Waals surface area (Å²) >= 11 is 0. The smallest absolute Gasteiger partial charge is 0.148 e. The number of aryl methyl sites for hydroxylation is 1. The van der Waals surface area contributed by atoms with Gasteiger partial charge in [-0.2, -0.15) is 0 Å². The molecule has 1 aliphatic heterocycles. The van der Waals surface area contributed by atoms with Gasteiger partial charge in [0, 0.05) is 32.1 Å². The number of nitrogens with one attached hydrogen (secondary N) is 1. The van der Waals surface area contributed by atoms with Crippen LogP contribution in [0.4, 0.5) is 5.82 Å². The molecule has 2 rings (SSSR count). The number of pyridine rings is 1. The molecule has 1 aromatic heterocycles. The second-order valence-corrected chi connectivity index (χ2v) is 7.94.